The number of aromatic hydroxyl groups is 1. The molecule has 1 fully saturated rings. The summed E-state index contributed by atoms with van der Waals surface area (Å²) in [6.45, 7) is 0.0210. The van der Waals surface area contributed by atoms with E-state index in [4.69, 9.17) is 5.21 Å². The minimum Gasteiger partial charge on any atom is -0.508 e. The Morgan fingerprint density at radius 1 is 1.14 bits per heavy atom. The van der Waals surface area contributed by atoms with Crippen LogP contribution in [0.15, 0.2) is 59.8 Å². The average Bonchev–Trinajstić information content (AvgIpc) is 2.72. The molecule has 1 aliphatic heterocycles. The van der Waals surface area contributed by atoms with Gasteiger partial charge in [-0.3, -0.25) is 9.59 Å². The third-order valence-corrected chi connectivity index (χ3v) is 4.65. The highest BCUT2D eigenvalue weighted by Gasteiger charge is 2.44. The van der Waals surface area contributed by atoms with Crippen molar-refractivity contribution in [1.82, 2.24) is 10.2 Å². The fraction of sp³-hybridized carbons (Fsp3) is 0.200. The van der Waals surface area contributed by atoms with E-state index >= 15 is 0 Å². The molecule has 2 aromatic carbocycles. The lowest BCUT2D eigenvalue weighted by atomic mass is 9.98. The highest BCUT2D eigenvalue weighted by molar-refractivity contribution is 6.45. The molecule has 29 heavy (non-hydrogen) atoms. The van der Waals surface area contributed by atoms with E-state index in [0.29, 0.717) is 11.1 Å². The number of β-lactam (4-membered cyclic amide) rings is 1. The number of rotatable bonds is 7. The number of aliphatic carboxylic acids is 1. The van der Waals surface area contributed by atoms with Gasteiger partial charge in [0.1, 0.15) is 17.8 Å². The summed E-state index contributed by atoms with van der Waals surface area (Å²) >= 11 is 0. The molecule has 0 aliphatic carbocycles. The van der Waals surface area contributed by atoms with Crippen molar-refractivity contribution in [1.29, 1.82) is 0 Å². The zero-order valence-electron chi connectivity index (χ0n) is 15.2. The SMILES string of the molecule is O=C(NC1CN(C(Cc2ccc(O)cc2)C(=O)O)C1=O)/C(=N\O)c1ccccc1. The van der Waals surface area contributed by atoms with Gasteiger partial charge in [-0.15, -0.1) is 0 Å². The van der Waals surface area contributed by atoms with Gasteiger partial charge >= 0.3 is 5.97 Å². The Bertz CT molecular complexity index is 942. The Morgan fingerprint density at radius 2 is 1.79 bits per heavy atom. The molecule has 9 heteroatoms. The molecule has 1 heterocycles. The van der Waals surface area contributed by atoms with Crippen LogP contribution in [0.4, 0.5) is 0 Å². The van der Waals surface area contributed by atoms with E-state index in [0.717, 1.165) is 0 Å². The van der Waals surface area contributed by atoms with E-state index in [2.05, 4.69) is 10.5 Å². The minimum absolute atomic E-state index is 0.0210. The Hall–Kier alpha value is -3.88. The van der Waals surface area contributed by atoms with E-state index in [1.165, 1.54) is 17.0 Å². The number of carboxylic acid groups (broad SMARTS) is 1. The third-order valence-electron chi connectivity index (χ3n) is 4.65. The second kappa shape index (κ2) is 8.42. The molecule has 1 saturated heterocycles. The second-order valence-electron chi connectivity index (χ2n) is 6.56. The van der Waals surface area contributed by atoms with Gasteiger partial charge in [0, 0.05) is 12.0 Å². The smallest absolute Gasteiger partial charge is 0.326 e. The van der Waals surface area contributed by atoms with Gasteiger partial charge in [-0.25, -0.2) is 4.79 Å². The quantitative estimate of drug-likeness (QED) is 0.233. The van der Waals surface area contributed by atoms with Gasteiger partial charge in [0.2, 0.25) is 5.91 Å². The van der Waals surface area contributed by atoms with Crippen molar-refractivity contribution in [3.63, 3.8) is 0 Å². The number of hydrogen-bond acceptors (Lipinski definition) is 6. The highest BCUT2D eigenvalue weighted by Crippen LogP contribution is 2.20. The van der Waals surface area contributed by atoms with Gasteiger partial charge < -0.3 is 25.6 Å². The first kappa shape index (κ1) is 19.9. The molecule has 2 unspecified atom stereocenters. The Balaban J connectivity index is 1.64. The highest BCUT2D eigenvalue weighted by atomic mass is 16.4. The maximum Gasteiger partial charge on any atom is 0.326 e. The van der Waals surface area contributed by atoms with Crippen molar-refractivity contribution in [3.8, 4) is 5.75 Å². The Kier molecular flexibility index (Phi) is 5.77. The van der Waals surface area contributed by atoms with Crippen LogP contribution in [0.2, 0.25) is 0 Å². The fourth-order valence-corrected chi connectivity index (χ4v) is 3.08. The summed E-state index contributed by atoms with van der Waals surface area (Å²) < 4.78 is 0. The molecule has 2 amide bonds. The number of carboxylic acids is 1. The molecular formula is C20H19N3O6. The topological polar surface area (TPSA) is 140 Å². The summed E-state index contributed by atoms with van der Waals surface area (Å²) in [6, 6.07) is 12.3. The summed E-state index contributed by atoms with van der Waals surface area (Å²) in [5.41, 5.74) is 0.789. The molecule has 0 bridgehead atoms. The van der Waals surface area contributed by atoms with Crippen LogP contribution in [0.3, 0.4) is 0 Å². The van der Waals surface area contributed by atoms with Gasteiger partial charge in [0.05, 0.1) is 6.54 Å². The summed E-state index contributed by atoms with van der Waals surface area (Å²) in [4.78, 5) is 37.6. The van der Waals surface area contributed by atoms with Crippen LogP contribution in [0.1, 0.15) is 11.1 Å². The Morgan fingerprint density at radius 3 is 2.34 bits per heavy atom. The first-order chi connectivity index (χ1) is 13.9. The lowest BCUT2D eigenvalue weighted by Crippen LogP contribution is -2.68. The summed E-state index contributed by atoms with van der Waals surface area (Å²) in [7, 11) is 0. The number of benzene rings is 2. The standard InChI is InChI=1S/C20H19N3O6/c24-14-8-6-12(7-9-14)10-16(20(27)28)23-11-15(19(23)26)21-18(25)17(22-29)13-4-2-1-3-5-13/h1-9,15-16,24,29H,10-11H2,(H,21,25)(H,27,28)/b22-17-. The fourth-order valence-electron chi connectivity index (χ4n) is 3.08. The van der Waals surface area contributed by atoms with Gasteiger partial charge in [0.25, 0.3) is 5.91 Å². The van der Waals surface area contributed by atoms with Crippen LogP contribution in [0.25, 0.3) is 0 Å². The molecule has 2 atom stereocenters. The predicted molar refractivity (Wildman–Crippen MR) is 102 cm³/mol. The summed E-state index contributed by atoms with van der Waals surface area (Å²) in [5, 5.41) is 33.5. The van der Waals surface area contributed by atoms with Crippen molar-refractivity contribution in [2.75, 3.05) is 6.54 Å². The third kappa shape index (κ3) is 4.34. The van der Waals surface area contributed by atoms with Crippen LogP contribution in [0.5, 0.6) is 5.75 Å². The van der Waals surface area contributed by atoms with Crippen LogP contribution >= 0.6 is 0 Å². The first-order valence-corrected chi connectivity index (χ1v) is 8.80. The predicted octanol–water partition coefficient (Wildman–Crippen LogP) is 0.593. The number of phenols is 1. The van der Waals surface area contributed by atoms with Crippen molar-refractivity contribution < 1.29 is 29.8 Å². The maximum absolute atomic E-state index is 12.4. The average molecular weight is 397 g/mol. The molecular weight excluding hydrogens is 378 g/mol. The van der Waals surface area contributed by atoms with Gasteiger partial charge in [-0.05, 0) is 17.7 Å². The molecule has 3 rings (SSSR count). The van der Waals surface area contributed by atoms with Crippen molar-refractivity contribution in [3.05, 3.63) is 65.7 Å². The molecule has 150 valence electrons. The van der Waals surface area contributed by atoms with E-state index in [1.807, 2.05) is 0 Å². The van der Waals surface area contributed by atoms with Gasteiger partial charge in [-0.1, -0.05) is 47.6 Å². The first-order valence-electron chi connectivity index (χ1n) is 8.80. The summed E-state index contributed by atoms with van der Waals surface area (Å²) in [6.07, 6.45) is 0.0649. The normalized spacial score (nSPS) is 17.4. The summed E-state index contributed by atoms with van der Waals surface area (Å²) in [5.74, 6) is -2.38. The molecule has 0 saturated carbocycles. The number of oxime groups is 1. The zero-order chi connectivity index (χ0) is 21.0. The maximum atomic E-state index is 12.4. The molecule has 0 spiro atoms. The lowest BCUT2D eigenvalue weighted by Gasteiger charge is -2.42. The van der Waals surface area contributed by atoms with Gasteiger partial charge in [0.15, 0.2) is 5.71 Å². The second-order valence-corrected chi connectivity index (χ2v) is 6.56. The number of likely N-dealkylation sites (tertiary alicyclic amines) is 1. The molecule has 4 N–H and O–H groups in total. The molecule has 0 radical (unpaired) electrons. The van der Waals surface area contributed by atoms with Crippen LogP contribution in [0, 0.1) is 0 Å². The van der Waals surface area contributed by atoms with E-state index in [-0.39, 0.29) is 24.4 Å². The largest absolute Gasteiger partial charge is 0.508 e. The van der Waals surface area contributed by atoms with Crippen LogP contribution in [-0.2, 0) is 20.8 Å². The Labute approximate surface area is 165 Å². The van der Waals surface area contributed by atoms with Crippen LogP contribution < -0.4 is 5.32 Å². The van der Waals surface area contributed by atoms with Crippen molar-refractivity contribution in [2.45, 2.75) is 18.5 Å². The number of amides is 2. The lowest BCUT2D eigenvalue weighted by molar-refractivity contribution is -0.159. The van der Waals surface area contributed by atoms with Crippen molar-refractivity contribution in [2.24, 2.45) is 5.16 Å². The zero-order valence-corrected chi connectivity index (χ0v) is 15.2. The van der Waals surface area contributed by atoms with E-state index < -0.39 is 29.9 Å². The van der Waals surface area contributed by atoms with Crippen LogP contribution in [-0.4, -0.2) is 62.4 Å². The number of hydrogen-bond donors (Lipinski definition) is 4. The molecule has 0 aromatic heterocycles. The number of nitrogens with one attached hydrogen (secondary N) is 1. The van der Waals surface area contributed by atoms with E-state index in [9.17, 15) is 24.6 Å². The van der Waals surface area contributed by atoms with Crippen molar-refractivity contribution >= 4 is 23.5 Å². The van der Waals surface area contributed by atoms with E-state index in [1.54, 1.807) is 42.5 Å². The molecule has 1 aliphatic rings. The number of phenolic OH excluding ortho intramolecular Hbond substituents is 1. The molecule has 9 nitrogen and oxygen atoms in total. The number of nitrogens with zero attached hydrogens (tertiary/aromatic N) is 2. The minimum atomic E-state index is -1.17. The number of carbonyl (C=O) groups is 3. The van der Waals surface area contributed by atoms with Gasteiger partial charge in [-0.2, -0.15) is 0 Å². The molecule has 2 aromatic rings. The number of carbonyl (C=O) groups excluding carboxylic acids is 2. The monoisotopic (exact) mass is 397 g/mol.